The van der Waals surface area contributed by atoms with Gasteiger partial charge in [-0.25, -0.2) is 4.39 Å². The molecule has 2 aromatic carbocycles. The van der Waals surface area contributed by atoms with Gasteiger partial charge in [0.1, 0.15) is 17.3 Å². The van der Waals surface area contributed by atoms with Gasteiger partial charge in [-0.1, -0.05) is 43.7 Å². The maximum absolute atomic E-state index is 13.8. The Balaban J connectivity index is 2.07. The fraction of sp³-hybridized carbons (Fsp3) is 0.310. The molecule has 2 aromatic rings. The lowest BCUT2D eigenvalue weighted by Crippen LogP contribution is -2.30. The zero-order valence-electron chi connectivity index (χ0n) is 21.0. The van der Waals surface area contributed by atoms with Crippen molar-refractivity contribution >= 4 is 5.70 Å². The van der Waals surface area contributed by atoms with Crippen LogP contribution in [0.25, 0.3) is 5.70 Å². The first kappa shape index (κ1) is 27.1. The molecule has 1 aliphatic heterocycles. The van der Waals surface area contributed by atoms with Gasteiger partial charge in [0.15, 0.2) is 0 Å². The molecule has 7 heteroatoms. The minimum Gasteiger partial charge on any atom is -0.456 e. The molecule has 0 bridgehead atoms. The second kappa shape index (κ2) is 12.0. The number of rotatable bonds is 9. The normalized spacial score (nSPS) is 15.6. The maximum Gasteiger partial charge on any atom is 0.390 e. The van der Waals surface area contributed by atoms with E-state index in [2.05, 4.69) is 11.4 Å². The van der Waals surface area contributed by atoms with Crippen molar-refractivity contribution in [1.82, 2.24) is 10.2 Å². The minimum atomic E-state index is -4.28. The highest BCUT2D eigenvalue weighted by Crippen LogP contribution is 2.34. The van der Waals surface area contributed by atoms with E-state index in [0.717, 1.165) is 40.9 Å². The quantitative estimate of drug-likeness (QED) is 0.352. The number of unbranched alkanes of at least 4 members (excludes halogenated alkanes) is 1. The van der Waals surface area contributed by atoms with Crippen LogP contribution in [0, 0.1) is 19.7 Å². The van der Waals surface area contributed by atoms with Crippen LogP contribution in [-0.2, 0) is 0 Å². The molecule has 0 fully saturated rings. The molecule has 0 atom stereocenters. The number of halogens is 4. The van der Waals surface area contributed by atoms with Crippen molar-refractivity contribution < 1.29 is 22.3 Å². The van der Waals surface area contributed by atoms with Crippen LogP contribution in [0.5, 0.6) is 5.75 Å². The van der Waals surface area contributed by atoms with Gasteiger partial charge in [0.25, 0.3) is 0 Å². The fourth-order valence-corrected chi connectivity index (χ4v) is 3.82. The third-order valence-corrected chi connectivity index (χ3v) is 5.80. The number of alkyl halides is 3. The Morgan fingerprint density at radius 3 is 2.50 bits per heavy atom. The van der Waals surface area contributed by atoms with Crippen LogP contribution in [0.3, 0.4) is 0 Å². The third kappa shape index (κ3) is 7.26. The topological polar surface area (TPSA) is 24.5 Å². The highest BCUT2D eigenvalue weighted by Gasteiger charge is 2.28. The third-order valence-electron chi connectivity index (χ3n) is 5.80. The van der Waals surface area contributed by atoms with Gasteiger partial charge in [0.2, 0.25) is 0 Å². The van der Waals surface area contributed by atoms with Crippen LogP contribution < -0.4 is 10.1 Å². The Labute approximate surface area is 210 Å². The fourth-order valence-electron chi connectivity index (χ4n) is 3.82. The molecular formula is C29H32F4N2O. The van der Waals surface area contributed by atoms with Crippen LogP contribution in [-0.4, -0.2) is 17.6 Å². The SMILES string of the molecule is C/C=C(/c1ccc(C)c(C)c1)N1C=C(Oc2cccc(F)c2)C=C(NCCC(F)(F)F)/C1=C\CCC. The minimum absolute atomic E-state index is 0.283. The average molecular weight is 501 g/mol. The number of nitrogens with zero attached hydrogens (tertiary/aromatic N) is 1. The summed E-state index contributed by atoms with van der Waals surface area (Å²) in [5, 5.41) is 2.95. The number of hydrogen-bond acceptors (Lipinski definition) is 3. The number of nitrogens with one attached hydrogen (secondary N) is 1. The number of allylic oxidation sites excluding steroid dienone is 3. The van der Waals surface area contributed by atoms with E-state index in [1.165, 1.54) is 18.2 Å². The van der Waals surface area contributed by atoms with Crippen molar-refractivity contribution in [3.05, 3.63) is 107 Å². The van der Waals surface area contributed by atoms with Crippen LogP contribution in [0.1, 0.15) is 49.8 Å². The molecule has 0 amide bonds. The summed E-state index contributed by atoms with van der Waals surface area (Å²) in [6, 6.07) is 11.9. The van der Waals surface area contributed by atoms with E-state index in [4.69, 9.17) is 4.74 Å². The molecule has 0 unspecified atom stereocenters. The summed E-state index contributed by atoms with van der Waals surface area (Å²) in [6.45, 7) is 7.75. The van der Waals surface area contributed by atoms with E-state index in [9.17, 15) is 17.6 Å². The largest absolute Gasteiger partial charge is 0.456 e. The Bertz CT molecular complexity index is 1190. The summed E-state index contributed by atoms with van der Waals surface area (Å²) in [5.41, 5.74) is 5.34. The molecule has 3 rings (SSSR count). The summed E-state index contributed by atoms with van der Waals surface area (Å²) in [6.07, 6.45) is 3.77. The van der Waals surface area contributed by atoms with Gasteiger partial charge in [-0.05, 0) is 62.1 Å². The highest BCUT2D eigenvalue weighted by atomic mass is 19.4. The molecule has 0 aliphatic carbocycles. The van der Waals surface area contributed by atoms with Gasteiger partial charge < -0.3 is 15.0 Å². The van der Waals surface area contributed by atoms with Crippen LogP contribution in [0.4, 0.5) is 17.6 Å². The standard InChI is InChI=1S/C29H32F4N2O/c1-5-7-11-28-26(34-15-14-29(31,32)33)18-25(36-24-10-8-9-23(30)17-24)19-35(28)27(6-2)22-13-12-20(3)21(4)16-22/h6,8-13,16-19,34H,5,7,14-15H2,1-4H3/b27-6-,28-11+. The summed E-state index contributed by atoms with van der Waals surface area (Å²) in [7, 11) is 0. The molecule has 0 spiro atoms. The van der Waals surface area contributed by atoms with Crippen LogP contribution in [0.2, 0.25) is 0 Å². The molecule has 3 nitrogen and oxygen atoms in total. The number of hydrogen-bond donors (Lipinski definition) is 1. The first-order valence-corrected chi connectivity index (χ1v) is 12.0. The van der Waals surface area contributed by atoms with Crippen molar-refractivity contribution in [3.63, 3.8) is 0 Å². The monoisotopic (exact) mass is 500 g/mol. The maximum atomic E-state index is 13.8. The molecule has 192 valence electrons. The number of ether oxygens (including phenoxy) is 1. The van der Waals surface area contributed by atoms with Crippen molar-refractivity contribution in [1.29, 1.82) is 0 Å². The predicted octanol–water partition coefficient (Wildman–Crippen LogP) is 8.15. The van der Waals surface area contributed by atoms with E-state index < -0.39 is 18.4 Å². The Kier molecular flexibility index (Phi) is 9.02. The Hall–Kier alpha value is -3.48. The van der Waals surface area contributed by atoms with Gasteiger partial charge in [-0.3, -0.25) is 0 Å². The number of benzene rings is 2. The number of aryl methyl sites for hydroxylation is 2. The molecule has 0 saturated heterocycles. The van der Waals surface area contributed by atoms with Crippen molar-refractivity contribution in [3.8, 4) is 5.75 Å². The van der Waals surface area contributed by atoms with Gasteiger partial charge in [0.05, 0.1) is 24.0 Å². The van der Waals surface area contributed by atoms with E-state index >= 15 is 0 Å². The van der Waals surface area contributed by atoms with Gasteiger partial charge in [0, 0.05) is 24.4 Å². The van der Waals surface area contributed by atoms with E-state index in [1.807, 2.05) is 56.9 Å². The first-order chi connectivity index (χ1) is 17.1. The molecule has 1 heterocycles. The molecule has 0 aromatic heterocycles. The molecule has 0 saturated carbocycles. The summed E-state index contributed by atoms with van der Waals surface area (Å²) in [5.74, 6) is 0.217. The van der Waals surface area contributed by atoms with E-state index in [0.29, 0.717) is 17.2 Å². The summed E-state index contributed by atoms with van der Waals surface area (Å²) < 4.78 is 58.4. The Morgan fingerprint density at radius 2 is 1.86 bits per heavy atom. The van der Waals surface area contributed by atoms with Gasteiger partial charge >= 0.3 is 6.18 Å². The molecular weight excluding hydrogens is 468 g/mol. The van der Waals surface area contributed by atoms with Crippen molar-refractivity contribution in [2.45, 2.75) is 53.1 Å². The lowest BCUT2D eigenvalue weighted by atomic mass is 10.0. The lowest BCUT2D eigenvalue weighted by molar-refractivity contribution is -0.133. The highest BCUT2D eigenvalue weighted by molar-refractivity contribution is 5.69. The first-order valence-electron chi connectivity index (χ1n) is 12.0. The molecule has 1 aliphatic rings. The zero-order chi connectivity index (χ0) is 26.3. The average Bonchev–Trinajstić information content (AvgIpc) is 2.80. The molecule has 36 heavy (non-hydrogen) atoms. The van der Waals surface area contributed by atoms with Crippen LogP contribution in [0.15, 0.2) is 84.0 Å². The Morgan fingerprint density at radius 1 is 1.08 bits per heavy atom. The second-order valence-corrected chi connectivity index (χ2v) is 8.66. The van der Waals surface area contributed by atoms with Crippen LogP contribution >= 0.6 is 0 Å². The predicted molar refractivity (Wildman–Crippen MR) is 136 cm³/mol. The summed E-state index contributed by atoms with van der Waals surface area (Å²) >= 11 is 0. The molecule has 0 radical (unpaired) electrons. The van der Waals surface area contributed by atoms with Crippen molar-refractivity contribution in [2.75, 3.05) is 6.54 Å². The second-order valence-electron chi connectivity index (χ2n) is 8.66. The van der Waals surface area contributed by atoms with E-state index in [-0.39, 0.29) is 6.54 Å². The van der Waals surface area contributed by atoms with Gasteiger partial charge in [-0.2, -0.15) is 13.2 Å². The van der Waals surface area contributed by atoms with Gasteiger partial charge in [-0.15, -0.1) is 0 Å². The molecule has 1 N–H and O–H groups in total. The zero-order valence-corrected chi connectivity index (χ0v) is 21.0. The van der Waals surface area contributed by atoms with Crippen molar-refractivity contribution in [2.24, 2.45) is 0 Å². The lowest BCUT2D eigenvalue weighted by Gasteiger charge is -2.33. The summed E-state index contributed by atoms with van der Waals surface area (Å²) in [4.78, 5) is 1.92. The van der Waals surface area contributed by atoms with E-state index in [1.54, 1.807) is 18.3 Å². The smallest absolute Gasteiger partial charge is 0.390 e.